The van der Waals surface area contributed by atoms with Crippen molar-refractivity contribution in [3.63, 3.8) is 0 Å². The number of aryl methyl sites for hydroxylation is 1. The Labute approximate surface area is 168 Å². The maximum absolute atomic E-state index is 13.3. The van der Waals surface area contributed by atoms with E-state index in [0.717, 1.165) is 28.6 Å². The molecule has 154 valence electrons. The van der Waals surface area contributed by atoms with Gasteiger partial charge in [-0.3, -0.25) is 4.79 Å². The van der Waals surface area contributed by atoms with Crippen LogP contribution in [-0.2, 0) is 18.0 Å². The number of fused-ring (bicyclic) bond motifs is 1. The number of hydrogen-bond acceptors (Lipinski definition) is 1. The topological polar surface area (TPSA) is 34.0 Å². The molecule has 2 aromatic carbocycles. The molecule has 0 radical (unpaired) electrons. The zero-order valence-electron chi connectivity index (χ0n) is 16.8. The molecule has 1 N–H and O–H groups in total. The van der Waals surface area contributed by atoms with Gasteiger partial charge < -0.3 is 9.88 Å². The van der Waals surface area contributed by atoms with Crippen molar-refractivity contribution in [2.75, 3.05) is 6.54 Å². The summed E-state index contributed by atoms with van der Waals surface area (Å²) in [6.07, 6.45) is -2.44. The normalized spacial score (nSPS) is 13.1. The van der Waals surface area contributed by atoms with Crippen molar-refractivity contribution in [3.05, 3.63) is 71.4 Å². The Hall–Kier alpha value is -2.76. The molecular weight excluding hydrogens is 377 g/mol. The molecule has 29 heavy (non-hydrogen) atoms. The maximum atomic E-state index is 13.3. The second-order valence-electron chi connectivity index (χ2n) is 7.79. The number of hydrogen-bond donors (Lipinski definition) is 1. The lowest BCUT2D eigenvalue weighted by atomic mass is 9.87. The van der Waals surface area contributed by atoms with Crippen LogP contribution in [0.1, 0.15) is 42.9 Å². The van der Waals surface area contributed by atoms with Crippen molar-refractivity contribution in [1.82, 2.24) is 9.88 Å². The van der Waals surface area contributed by atoms with E-state index in [1.54, 1.807) is 6.07 Å². The van der Waals surface area contributed by atoms with Gasteiger partial charge in [0.05, 0.1) is 5.56 Å². The fourth-order valence-corrected chi connectivity index (χ4v) is 3.57. The summed E-state index contributed by atoms with van der Waals surface area (Å²) < 4.78 is 41.8. The first-order chi connectivity index (χ1) is 13.7. The molecule has 0 saturated heterocycles. The van der Waals surface area contributed by atoms with Crippen LogP contribution in [0, 0.1) is 5.92 Å². The Morgan fingerprint density at radius 3 is 2.52 bits per heavy atom. The number of nitrogens with one attached hydrogen (secondary N) is 1. The van der Waals surface area contributed by atoms with Crippen LogP contribution in [0.5, 0.6) is 0 Å². The number of para-hydroxylation sites is 1. The third kappa shape index (κ3) is 4.81. The number of benzene rings is 2. The standard InChI is InChI=1S/C23H25F3N2O/c1-15(2)13-27-22(29)12-19(16-7-6-8-17(11-16)23(24,25)26)20-14-28(3)21-10-5-4-9-18(20)21/h4-11,14-15,19H,12-13H2,1-3H3,(H,27,29)/t19-/m1/s1. The molecule has 3 nitrogen and oxygen atoms in total. The first kappa shape index (κ1) is 21.0. The van der Waals surface area contributed by atoms with Gasteiger partial charge in [-0.2, -0.15) is 13.2 Å². The van der Waals surface area contributed by atoms with Gasteiger partial charge in [-0.15, -0.1) is 0 Å². The highest BCUT2D eigenvalue weighted by Crippen LogP contribution is 2.37. The quantitative estimate of drug-likeness (QED) is 0.581. The molecular formula is C23H25F3N2O. The predicted octanol–water partition coefficient (Wildman–Crippen LogP) is 5.49. The van der Waals surface area contributed by atoms with E-state index in [4.69, 9.17) is 0 Å². The summed E-state index contributed by atoms with van der Waals surface area (Å²) in [5, 5.41) is 3.82. The minimum Gasteiger partial charge on any atom is -0.356 e. The van der Waals surface area contributed by atoms with E-state index >= 15 is 0 Å². The van der Waals surface area contributed by atoms with Crippen molar-refractivity contribution >= 4 is 16.8 Å². The average molecular weight is 402 g/mol. The van der Waals surface area contributed by atoms with Crippen molar-refractivity contribution < 1.29 is 18.0 Å². The van der Waals surface area contributed by atoms with E-state index in [9.17, 15) is 18.0 Å². The molecule has 0 aliphatic carbocycles. The molecule has 0 fully saturated rings. The predicted molar refractivity (Wildman–Crippen MR) is 109 cm³/mol. The van der Waals surface area contributed by atoms with E-state index in [1.807, 2.05) is 55.9 Å². The lowest BCUT2D eigenvalue weighted by Gasteiger charge is -2.19. The number of carbonyl (C=O) groups is 1. The van der Waals surface area contributed by atoms with Crippen molar-refractivity contribution in [2.24, 2.45) is 13.0 Å². The Bertz CT molecular complexity index is 1000. The van der Waals surface area contributed by atoms with E-state index in [2.05, 4.69) is 5.32 Å². The van der Waals surface area contributed by atoms with Crippen LogP contribution >= 0.6 is 0 Å². The Kier molecular flexibility index (Phi) is 6.01. The summed E-state index contributed by atoms with van der Waals surface area (Å²) in [6.45, 7) is 4.52. The third-order valence-electron chi connectivity index (χ3n) is 5.02. The summed E-state index contributed by atoms with van der Waals surface area (Å²) in [4.78, 5) is 12.6. The molecule has 1 aromatic heterocycles. The van der Waals surface area contributed by atoms with Gasteiger partial charge in [0.25, 0.3) is 0 Å². The van der Waals surface area contributed by atoms with E-state index in [1.165, 1.54) is 6.07 Å². The highest BCUT2D eigenvalue weighted by atomic mass is 19.4. The van der Waals surface area contributed by atoms with Crippen molar-refractivity contribution in [2.45, 2.75) is 32.4 Å². The molecule has 6 heteroatoms. The number of halogens is 3. The Morgan fingerprint density at radius 1 is 1.10 bits per heavy atom. The van der Waals surface area contributed by atoms with Gasteiger partial charge in [-0.05, 0) is 29.2 Å². The highest BCUT2D eigenvalue weighted by molar-refractivity contribution is 5.86. The lowest BCUT2D eigenvalue weighted by molar-refractivity contribution is -0.137. The smallest absolute Gasteiger partial charge is 0.356 e. The van der Waals surface area contributed by atoms with Crippen LogP contribution in [0.4, 0.5) is 13.2 Å². The van der Waals surface area contributed by atoms with Gasteiger partial charge in [-0.25, -0.2) is 0 Å². The lowest BCUT2D eigenvalue weighted by Crippen LogP contribution is -2.28. The van der Waals surface area contributed by atoms with Gasteiger partial charge in [0.15, 0.2) is 0 Å². The molecule has 0 saturated carbocycles. The van der Waals surface area contributed by atoms with Crippen LogP contribution in [0.25, 0.3) is 10.9 Å². The first-order valence-corrected chi connectivity index (χ1v) is 9.64. The molecule has 1 amide bonds. The van der Waals surface area contributed by atoms with Gasteiger partial charge >= 0.3 is 6.18 Å². The van der Waals surface area contributed by atoms with Crippen molar-refractivity contribution in [1.29, 1.82) is 0 Å². The Balaban J connectivity index is 2.06. The molecule has 0 bridgehead atoms. The molecule has 1 heterocycles. The largest absolute Gasteiger partial charge is 0.416 e. The van der Waals surface area contributed by atoms with Crippen LogP contribution in [0.2, 0.25) is 0 Å². The van der Waals surface area contributed by atoms with E-state index in [0.29, 0.717) is 18.0 Å². The summed E-state index contributed by atoms with van der Waals surface area (Å²) in [6, 6.07) is 13.0. The van der Waals surface area contributed by atoms with Gasteiger partial charge in [0, 0.05) is 43.0 Å². The molecule has 1 atom stereocenters. The number of amides is 1. The van der Waals surface area contributed by atoms with Crippen LogP contribution in [-0.4, -0.2) is 17.0 Å². The molecule has 3 rings (SSSR count). The SMILES string of the molecule is CC(C)CNC(=O)C[C@H](c1cccc(C(F)(F)F)c1)c1cn(C)c2ccccc12. The second kappa shape index (κ2) is 8.31. The first-order valence-electron chi connectivity index (χ1n) is 9.64. The van der Waals surface area contributed by atoms with Crippen LogP contribution in [0.3, 0.4) is 0 Å². The molecule has 0 aliphatic rings. The third-order valence-corrected chi connectivity index (χ3v) is 5.02. The zero-order chi connectivity index (χ0) is 21.2. The number of carbonyl (C=O) groups excluding carboxylic acids is 1. The second-order valence-corrected chi connectivity index (χ2v) is 7.79. The zero-order valence-corrected chi connectivity index (χ0v) is 16.8. The average Bonchev–Trinajstić information content (AvgIpc) is 3.01. The van der Waals surface area contributed by atoms with Crippen molar-refractivity contribution in [3.8, 4) is 0 Å². The van der Waals surface area contributed by atoms with E-state index in [-0.39, 0.29) is 12.3 Å². The molecule has 3 aromatic rings. The van der Waals surface area contributed by atoms with Crippen LogP contribution < -0.4 is 5.32 Å². The maximum Gasteiger partial charge on any atom is 0.416 e. The number of alkyl halides is 3. The van der Waals surface area contributed by atoms with Gasteiger partial charge in [0.1, 0.15) is 0 Å². The summed E-state index contributed by atoms with van der Waals surface area (Å²) in [7, 11) is 1.90. The fourth-order valence-electron chi connectivity index (χ4n) is 3.57. The minimum absolute atomic E-state index is 0.0854. The van der Waals surface area contributed by atoms with Gasteiger partial charge in [0.2, 0.25) is 5.91 Å². The molecule has 0 spiro atoms. The summed E-state index contributed by atoms with van der Waals surface area (Å²) in [5.41, 5.74) is 1.60. The number of rotatable bonds is 6. The van der Waals surface area contributed by atoms with Crippen LogP contribution in [0.15, 0.2) is 54.7 Å². The number of nitrogens with zero attached hydrogens (tertiary/aromatic N) is 1. The number of aromatic nitrogens is 1. The summed E-state index contributed by atoms with van der Waals surface area (Å²) >= 11 is 0. The minimum atomic E-state index is -4.43. The monoisotopic (exact) mass is 402 g/mol. The molecule has 0 aliphatic heterocycles. The van der Waals surface area contributed by atoms with Gasteiger partial charge in [-0.1, -0.05) is 50.2 Å². The summed E-state index contributed by atoms with van der Waals surface area (Å²) in [5.74, 6) is -0.354. The van der Waals surface area contributed by atoms with E-state index < -0.39 is 17.7 Å². The molecule has 0 unspecified atom stereocenters. The Morgan fingerprint density at radius 2 is 1.83 bits per heavy atom. The fraction of sp³-hybridized carbons (Fsp3) is 0.348. The highest BCUT2D eigenvalue weighted by Gasteiger charge is 2.32.